The van der Waals surface area contributed by atoms with Crippen LogP contribution in [-0.2, 0) is 9.53 Å². The van der Waals surface area contributed by atoms with E-state index in [-0.39, 0.29) is 11.8 Å². The number of hydrogen-bond acceptors (Lipinski definition) is 2. The van der Waals surface area contributed by atoms with Crippen LogP contribution in [0, 0.1) is 5.92 Å². The highest BCUT2D eigenvalue weighted by Gasteiger charge is 2.26. The van der Waals surface area contributed by atoms with Gasteiger partial charge in [-0.2, -0.15) is 0 Å². The number of methoxy groups -OCH3 is 1. The van der Waals surface area contributed by atoms with Crippen molar-refractivity contribution in [1.29, 1.82) is 0 Å². The molecule has 0 aliphatic carbocycles. The second kappa shape index (κ2) is 6.89. The zero-order valence-corrected chi connectivity index (χ0v) is 9.17. The Labute approximate surface area is 81.1 Å². The summed E-state index contributed by atoms with van der Waals surface area (Å²) < 4.78 is 4.89. The first-order valence-electron chi connectivity index (χ1n) is 5.03. The van der Waals surface area contributed by atoms with Gasteiger partial charge in [0, 0.05) is 26.1 Å². The number of ether oxygens (including phenoxy) is 1. The van der Waals surface area contributed by atoms with Crippen molar-refractivity contribution in [1.82, 2.24) is 4.90 Å². The molecule has 1 saturated heterocycles. The van der Waals surface area contributed by atoms with E-state index in [0.29, 0.717) is 6.61 Å². The molecule has 1 aliphatic rings. The third-order valence-corrected chi connectivity index (χ3v) is 2.13. The first kappa shape index (κ1) is 12.4. The Morgan fingerprint density at radius 1 is 1.54 bits per heavy atom. The van der Waals surface area contributed by atoms with Crippen LogP contribution in [0.15, 0.2) is 0 Å². The van der Waals surface area contributed by atoms with Gasteiger partial charge in [-0.3, -0.25) is 4.79 Å². The average Bonchev–Trinajstić information content (AvgIpc) is 2.48. The van der Waals surface area contributed by atoms with E-state index in [1.165, 1.54) is 0 Å². The second-order valence-corrected chi connectivity index (χ2v) is 3.01. The first-order valence-corrected chi connectivity index (χ1v) is 5.03. The number of nitrogens with zero attached hydrogens (tertiary/aromatic N) is 1. The van der Waals surface area contributed by atoms with Crippen molar-refractivity contribution in [3.8, 4) is 0 Å². The van der Waals surface area contributed by atoms with Gasteiger partial charge in [-0.05, 0) is 6.42 Å². The molecule has 0 spiro atoms. The minimum absolute atomic E-state index is 0.229. The summed E-state index contributed by atoms with van der Waals surface area (Å²) in [6.45, 7) is 8.29. The summed E-state index contributed by atoms with van der Waals surface area (Å²) in [6.07, 6.45) is 1.00. The van der Waals surface area contributed by atoms with Crippen LogP contribution < -0.4 is 0 Å². The summed E-state index contributed by atoms with van der Waals surface area (Å²) in [5.41, 5.74) is 0. The molecule has 0 saturated carbocycles. The lowest BCUT2D eigenvalue weighted by Crippen LogP contribution is -2.29. The van der Waals surface area contributed by atoms with Gasteiger partial charge in [0.25, 0.3) is 0 Å². The molecule has 1 fully saturated rings. The van der Waals surface area contributed by atoms with Crippen LogP contribution in [0.4, 0.5) is 0 Å². The van der Waals surface area contributed by atoms with E-state index in [1.807, 2.05) is 25.7 Å². The highest BCUT2D eigenvalue weighted by molar-refractivity contribution is 5.80. The summed E-state index contributed by atoms with van der Waals surface area (Å²) in [7, 11) is 1.66. The molecule has 1 rings (SSSR count). The lowest BCUT2D eigenvalue weighted by atomic mass is 10.1. The summed E-state index contributed by atoms with van der Waals surface area (Å²) in [4.78, 5) is 13.2. The number of carbonyl (C=O) groups excluding carboxylic acids is 1. The van der Waals surface area contributed by atoms with Crippen molar-refractivity contribution >= 4 is 5.91 Å². The van der Waals surface area contributed by atoms with Crippen LogP contribution >= 0.6 is 0 Å². The van der Waals surface area contributed by atoms with Crippen LogP contribution in [0.25, 0.3) is 0 Å². The van der Waals surface area contributed by atoms with E-state index in [1.54, 1.807) is 7.11 Å². The quantitative estimate of drug-likeness (QED) is 0.670. The molecule has 0 N–H and O–H groups in total. The minimum Gasteiger partial charge on any atom is -0.383 e. The third kappa shape index (κ3) is 3.77. The van der Waals surface area contributed by atoms with Gasteiger partial charge in [0.05, 0.1) is 6.61 Å². The summed E-state index contributed by atoms with van der Waals surface area (Å²) in [5, 5.41) is 0. The van der Waals surface area contributed by atoms with Crippen molar-refractivity contribution in [2.45, 2.75) is 27.2 Å². The number of likely N-dealkylation sites (tertiary alicyclic amines) is 1. The molecule has 78 valence electrons. The van der Waals surface area contributed by atoms with Crippen molar-refractivity contribution in [3.05, 3.63) is 0 Å². The molecule has 0 aromatic rings. The molecule has 3 nitrogen and oxygen atoms in total. The number of hydrogen-bond donors (Lipinski definition) is 0. The Balaban J connectivity index is 0.000000671. The Hall–Kier alpha value is -0.570. The third-order valence-electron chi connectivity index (χ3n) is 2.13. The smallest absolute Gasteiger partial charge is 0.225 e. The zero-order valence-electron chi connectivity index (χ0n) is 9.17. The summed E-state index contributed by atoms with van der Waals surface area (Å²) in [6, 6.07) is 0. The molecule has 0 radical (unpaired) electrons. The normalized spacial score (nSPS) is 21.4. The largest absolute Gasteiger partial charge is 0.383 e. The fraction of sp³-hybridized carbons (Fsp3) is 0.900. The zero-order chi connectivity index (χ0) is 10.3. The fourth-order valence-corrected chi connectivity index (χ4v) is 1.32. The second-order valence-electron chi connectivity index (χ2n) is 3.01. The highest BCUT2D eigenvalue weighted by Crippen LogP contribution is 2.15. The number of rotatable bonds is 3. The Kier molecular flexibility index (Phi) is 6.59. The van der Waals surface area contributed by atoms with E-state index >= 15 is 0 Å². The van der Waals surface area contributed by atoms with E-state index in [2.05, 4.69) is 0 Å². The summed E-state index contributed by atoms with van der Waals surface area (Å²) in [5.74, 6) is 0.508. The molecule has 0 bridgehead atoms. The van der Waals surface area contributed by atoms with E-state index in [9.17, 15) is 4.79 Å². The van der Waals surface area contributed by atoms with Crippen molar-refractivity contribution in [2.75, 3.05) is 26.8 Å². The van der Waals surface area contributed by atoms with Gasteiger partial charge in [-0.25, -0.2) is 0 Å². The highest BCUT2D eigenvalue weighted by atomic mass is 16.5. The van der Waals surface area contributed by atoms with Gasteiger partial charge in [0.1, 0.15) is 0 Å². The van der Waals surface area contributed by atoms with Gasteiger partial charge in [-0.1, -0.05) is 20.8 Å². The van der Waals surface area contributed by atoms with E-state index in [4.69, 9.17) is 4.74 Å². The van der Waals surface area contributed by atoms with Gasteiger partial charge in [0.15, 0.2) is 0 Å². The fourth-order valence-electron chi connectivity index (χ4n) is 1.32. The van der Waals surface area contributed by atoms with Crippen molar-refractivity contribution in [2.24, 2.45) is 5.92 Å². The monoisotopic (exact) mass is 187 g/mol. The predicted molar refractivity (Wildman–Crippen MR) is 53.6 cm³/mol. The van der Waals surface area contributed by atoms with Gasteiger partial charge >= 0.3 is 0 Å². The van der Waals surface area contributed by atoms with Crippen LogP contribution in [-0.4, -0.2) is 37.6 Å². The van der Waals surface area contributed by atoms with Gasteiger partial charge < -0.3 is 9.64 Å². The Bertz CT molecular complexity index is 148. The maximum atomic E-state index is 11.3. The maximum Gasteiger partial charge on any atom is 0.225 e. The molecule has 1 atom stereocenters. The predicted octanol–water partition coefficient (Wildman–Crippen LogP) is 1.53. The molecular weight excluding hydrogens is 166 g/mol. The van der Waals surface area contributed by atoms with Gasteiger partial charge in [-0.15, -0.1) is 0 Å². The van der Waals surface area contributed by atoms with E-state index < -0.39 is 0 Å². The number of carbonyl (C=O) groups is 1. The van der Waals surface area contributed by atoms with Crippen LogP contribution in [0.5, 0.6) is 0 Å². The van der Waals surface area contributed by atoms with Crippen LogP contribution in [0.3, 0.4) is 0 Å². The lowest BCUT2D eigenvalue weighted by Gasteiger charge is -2.14. The molecule has 1 heterocycles. The van der Waals surface area contributed by atoms with Gasteiger partial charge in [0.2, 0.25) is 5.91 Å². The number of amides is 1. The molecule has 3 heteroatoms. The molecule has 1 amide bonds. The molecule has 13 heavy (non-hydrogen) atoms. The first-order chi connectivity index (χ1) is 6.25. The SMILES string of the molecule is CC.COCCN1CCC(C)C1=O. The van der Waals surface area contributed by atoms with Crippen LogP contribution in [0.1, 0.15) is 27.2 Å². The standard InChI is InChI=1S/C8H15NO2.C2H6/c1-7-3-4-9(8(7)10)5-6-11-2;1-2/h7H,3-6H2,1-2H3;1-2H3. The lowest BCUT2D eigenvalue weighted by molar-refractivity contribution is -0.131. The topological polar surface area (TPSA) is 29.5 Å². The summed E-state index contributed by atoms with van der Waals surface area (Å²) >= 11 is 0. The molecular formula is C10H21NO2. The molecule has 1 unspecified atom stereocenters. The minimum atomic E-state index is 0.229. The molecule has 1 aliphatic heterocycles. The average molecular weight is 187 g/mol. The van der Waals surface area contributed by atoms with Crippen molar-refractivity contribution in [3.63, 3.8) is 0 Å². The molecule has 0 aromatic carbocycles. The van der Waals surface area contributed by atoms with Crippen LogP contribution in [0.2, 0.25) is 0 Å². The Morgan fingerprint density at radius 3 is 2.54 bits per heavy atom. The van der Waals surface area contributed by atoms with E-state index in [0.717, 1.165) is 19.5 Å². The van der Waals surface area contributed by atoms with Crippen molar-refractivity contribution < 1.29 is 9.53 Å². The molecule has 0 aromatic heterocycles. The maximum absolute atomic E-state index is 11.3. The Morgan fingerprint density at radius 2 is 2.15 bits per heavy atom.